The summed E-state index contributed by atoms with van der Waals surface area (Å²) >= 11 is 0. The third-order valence-electron chi connectivity index (χ3n) is 2.53. The predicted molar refractivity (Wildman–Crippen MR) is 48.1 cm³/mol. The van der Waals surface area contributed by atoms with E-state index in [2.05, 4.69) is 20.8 Å². The molecule has 67 valence electrons. The summed E-state index contributed by atoms with van der Waals surface area (Å²) in [6, 6.07) is 0. The third kappa shape index (κ3) is 4.41. The van der Waals surface area contributed by atoms with E-state index in [0.29, 0.717) is 0 Å². The minimum Gasteiger partial charge on any atom is -0.233 e. The van der Waals surface area contributed by atoms with E-state index in [1.54, 1.807) is 6.92 Å². The van der Waals surface area contributed by atoms with Crippen LogP contribution in [0.1, 0.15) is 53.4 Å². The molecule has 0 aliphatic heterocycles. The molecule has 0 saturated heterocycles. The maximum atomic E-state index is 11.1. The molecule has 0 aliphatic rings. The van der Waals surface area contributed by atoms with Gasteiger partial charge in [-0.3, -0.25) is 0 Å². The highest BCUT2D eigenvalue weighted by molar-refractivity contribution is 4.73. The number of unbranched alkanes of at least 4 members (excludes halogenated alkanes) is 2. The Labute approximate surface area is 70.8 Å². The summed E-state index contributed by atoms with van der Waals surface area (Å²) in [5.41, 5.74) is -0.00479. The molecule has 0 saturated carbocycles. The van der Waals surface area contributed by atoms with E-state index < -0.39 is 6.10 Å². The van der Waals surface area contributed by atoms with Crippen LogP contribution in [0.4, 0.5) is 0 Å². The maximum Gasteiger partial charge on any atom is 0.0952 e. The van der Waals surface area contributed by atoms with Gasteiger partial charge in [0.25, 0.3) is 0 Å². The standard InChI is InChI=1S/C10H21O/c1-5-6-7-8-10(3,4)9(2)11/h9H,5-8H2,1-4H3. The SMILES string of the molecule is CCCCCC(C)(C)C(C)[O]. The molecule has 1 unspecified atom stereocenters. The lowest BCUT2D eigenvalue weighted by molar-refractivity contribution is -0.000502. The van der Waals surface area contributed by atoms with E-state index in [1.165, 1.54) is 19.3 Å². The van der Waals surface area contributed by atoms with Crippen LogP contribution in [0.15, 0.2) is 0 Å². The molecule has 0 heterocycles. The van der Waals surface area contributed by atoms with Gasteiger partial charge in [-0.15, -0.1) is 0 Å². The van der Waals surface area contributed by atoms with E-state index in [4.69, 9.17) is 0 Å². The molecule has 0 fully saturated rings. The van der Waals surface area contributed by atoms with Crippen LogP contribution in [0.25, 0.3) is 0 Å². The molecule has 0 N–H and O–H groups in total. The molecule has 0 aromatic heterocycles. The summed E-state index contributed by atoms with van der Waals surface area (Å²) in [4.78, 5) is 0. The van der Waals surface area contributed by atoms with Gasteiger partial charge in [-0.2, -0.15) is 0 Å². The van der Waals surface area contributed by atoms with E-state index in [1.807, 2.05) is 0 Å². The minimum absolute atomic E-state index is 0.00479. The Balaban J connectivity index is 3.55. The Morgan fingerprint density at radius 1 is 1.27 bits per heavy atom. The molecule has 0 aromatic rings. The van der Waals surface area contributed by atoms with Crippen molar-refractivity contribution in [2.45, 2.75) is 59.5 Å². The van der Waals surface area contributed by atoms with Gasteiger partial charge in [-0.1, -0.05) is 40.0 Å². The quantitative estimate of drug-likeness (QED) is 0.545. The molecule has 0 rings (SSSR count). The fourth-order valence-corrected chi connectivity index (χ4v) is 1.03. The number of hydrogen-bond acceptors (Lipinski definition) is 0. The fourth-order valence-electron chi connectivity index (χ4n) is 1.03. The monoisotopic (exact) mass is 157 g/mol. The summed E-state index contributed by atoms with van der Waals surface area (Å²) in [5, 5.41) is 11.1. The van der Waals surface area contributed by atoms with Crippen LogP contribution in [-0.2, 0) is 5.11 Å². The Morgan fingerprint density at radius 2 is 1.82 bits per heavy atom. The zero-order valence-electron chi connectivity index (χ0n) is 8.31. The normalized spacial score (nSPS) is 15.0. The van der Waals surface area contributed by atoms with E-state index in [-0.39, 0.29) is 5.41 Å². The van der Waals surface area contributed by atoms with Gasteiger partial charge >= 0.3 is 0 Å². The fraction of sp³-hybridized carbons (Fsp3) is 1.00. The first-order chi connectivity index (χ1) is 5.00. The van der Waals surface area contributed by atoms with E-state index in [0.717, 1.165) is 6.42 Å². The van der Waals surface area contributed by atoms with Gasteiger partial charge in [0.05, 0.1) is 6.10 Å². The third-order valence-corrected chi connectivity index (χ3v) is 2.53. The van der Waals surface area contributed by atoms with Crippen molar-refractivity contribution in [3.63, 3.8) is 0 Å². The van der Waals surface area contributed by atoms with Crippen molar-refractivity contribution in [1.29, 1.82) is 0 Å². The van der Waals surface area contributed by atoms with Crippen molar-refractivity contribution in [2.24, 2.45) is 5.41 Å². The number of hydrogen-bond donors (Lipinski definition) is 0. The predicted octanol–water partition coefficient (Wildman–Crippen LogP) is 3.41. The lowest BCUT2D eigenvalue weighted by atomic mass is 9.82. The largest absolute Gasteiger partial charge is 0.233 e. The highest BCUT2D eigenvalue weighted by Crippen LogP contribution is 2.27. The highest BCUT2D eigenvalue weighted by atomic mass is 16.3. The lowest BCUT2D eigenvalue weighted by Gasteiger charge is -2.26. The average Bonchev–Trinajstić information content (AvgIpc) is 1.88. The Bertz CT molecular complexity index is 95.0. The van der Waals surface area contributed by atoms with Crippen LogP contribution in [0.3, 0.4) is 0 Å². The first-order valence-electron chi connectivity index (χ1n) is 4.66. The van der Waals surface area contributed by atoms with Crippen molar-refractivity contribution in [2.75, 3.05) is 0 Å². The zero-order valence-corrected chi connectivity index (χ0v) is 8.31. The second kappa shape index (κ2) is 4.76. The molecular formula is C10H21O. The van der Waals surface area contributed by atoms with Gasteiger partial charge in [0.1, 0.15) is 0 Å². The number of rotatable bonds is 5. The van der Waals surface area contributed by atoms with Gasteiger partial charge in [-0.25, -0.2) is 5.11 Å². The summed E-state index contributed by atoms with van der Waals surface area (Å²) < 4.78 is 0. The summed E-state index contributed by atoms with van der Waals surface area (Å²) in [6.07, 6.45) is 4.35. The van der Waals surface area contributed by atoms with Gasteiger partial charge in [0, 0.05) is 0 Å². The second-order valence-corrected chi connectivity index (χ2v) is 4.09. The summed E-state index contributed by atoms with van der Waals surface area (Å²) in [5.74, 6) is 0. The van der Waals surface area contributed by atoms with Crippen molar-refractivity contribution in [3.05, 3.63) is 0 Å². The topological polar surface area (TPSA) is 19.9 Å². The van der Waals surface area contributed by atoms with Crippen LogP contribution in [0.2, 0.25) is 0 Å². The Kier molecular flexibility index (Phi) is 4.74. The first kappa shape index (κ1) is 11.0. The molecule has 1 radical (unpaired) electrons. The molecule has 0 aliphatic carbocycles. The van der Waals surface area contributed by atoms with Crippen LogP contribution in [0, 0.1) is 5.41 Å². The van der Waals surface area contributed by atoms with Crippen molar-refractivity contribution in [1.82, 2.24) is 0 Å². The Morgan fingerprint density at radius 3 is 2.18 bits per heavy atom. The van der Waals surface area contributed by atoms with Gasteiger partial charge in [0.15, 0.2) is 0 Å². The van der Waals surface area contributed by atoms with E-state index in [9.17, 15) is 5.11 Å². The van der Waals surface area contributed by atoms with Crippen molar-refractivity contribution >= 4 is 0 Å². The molecule has 0 amide bonds. The first-order valence-corrected chi connectivity index (χ1v) is 4.66. The molecule has 0 spiro atoms. The molecule has 1 atom stereocenters. The van der Waals surface area contributed by atoms with Crippen LogP contribution < -0.4 is 0 Å². The van der Waals surface area contributed by atoms with Gasteiger partial charge in [-0.05, 0) is 18.8 Å². The molecule has 0 aromatic carbocycles. The maximum absolute atomic E-state index is 11.1. The van der Waals surface area contributed by atoms with Crippen molar-refractivity contribution < 1.29 is 5.11 Å². The molecular weight excluding hydrogens is 136 g/mol. The molecule has 0 bridgehead atoms. The van der Waals surface area contributed by atoms with Crippen LogP contribution >= 0.6 is 0 Å². The lowest BCUT2D eigenvalue weighted by Crippen LogP contribution is -2.24. The zero-order chi connectivity index (χ0) is 8.91. The smallest absolute Gasteiger partial charge is 0.0952 e. The summed E-state index contributed by atoms with van der Waals surface area (Å²) in [7, 11) is 0. The molecule has 1 heteroatoms. The van der Waals surface area contributed by atoms with E-state index >= 15 is 0 Å². The van der Waals surface area contributed by atoms with Crippen LogP contribution in [0.5, 0.6) is 0 Å². The van der Waals surface area contributed by atoms with Crippen molar-refractivity contribution in [3.8, 4) is 0 Å². The van der Waals surface area contributed by atoms with Crippen LogP contribution in [-0.4, -0.2) is 6.10 Å². The highest BCUT2D eigenvalue weighted by Gasteiger charge is 2.24. The van der Waals surface area contributed by atoms with Gasteiger partial charge in [0.2, 0.25) is 0 Å². The molecule has 11 heavy (non-hydrogen) atoms. The summed E-state index contributed by atoms with van der Waals surface area (Å²) in [6.45, 7) is 8.10. The average molecular weight is 157 g/mol. The minimum atomic E-state index is -0.431. The molecule has 1 nitrogen and oxygen atoms in total. The Hall–Kier alpha value is -0.0400. The van der Waals surface area contributed by atoms with Gasteiger partial charge < -0.3 is 0 Å². The second-order valence-electron chi connectivity index (χ2n) is 4.09.